The molecule has 0 fully saturated rings. The van der Waals surface area contributed by atoms with Crippen LogP contribution in [0.5, 0.6) is 5.75 Å². The minimum Gasteiger partial charge on any atom is -0.494 e. The van der Waals surface area contributed by atoms with Crippen molar-refractivity contribution in [2.75, 3.05) is 39.2 Å². The number of hydrogen-bond donors (Lipinski definition) is 6. The van der Waals surface area contributed by atoms with E-state index < -0.39 is 46.2 Å². The number of anilines is 2. The van der Waals surface area contributed by atoms with Crippen LogP contribution in [0.4, 0.5) is 16.0 Å². The van der Waals surface area contributed by atoms with Crippen LogP contribution in [0.1, 0.15) is 6.42 Å². The number of aromatic nitrogens is 2. The number of halogens is 1. The van der Waals surface area contributed by atoms with Gasteiger partial charge in [0.1, 0.15) is 18.3 Å². The third-order valence-electron chi connectivity index (χ3n) is 6.21. The summed E-state index contributed by atoms with van der Waals surface area (Å²) in [5.41, 5.74) is 1.86. The third-order valence-corrected chi connectivity index (χ3v) is 7.14. The molecular formula is C28H36FN5O10S. The van der Waals surface area contributed by atoms with Gasteiger partial charge in [0.2, 0.25) is 16.0 Å². The maximum atomic E-state index is 14.2. The van der Waals surface area contributed by atoms with Crippen molar-refractivity contribution in [3.63, 3.8) is 0 Å². The number of rotatable bonds is 14. The molecule has 4 unspecified atom stereocenters. The van der Waals surface area contributed by atoms with Crippen molar-refractivity contribution in [3.8, 4) is 17.0 Å². The molecule has 4 atom stereocenters. The third kappa shape index (κ3) is 10.8. The fourth-order valence-electron chi connectivity index (χ4n) is 3.79. The molecule has 2 aromatic carbocycles. The van der Waals surface area contributed by atoms with Crippen molar-refractivity contribution < 1.29 is 52.7 Å². The van der Waals surface area contributed by atoms with Crippen LogP contribution < -0.4 is 14.8 Å². The van der Waals surface area contributed by atoms with Crippen LogP contribution in [0.15, 0.2) is 59.6 Å². The number of sulfonamides is 1. The number of aliphatic hydroxyl groups is 4. The summed E-state index contributed by atoms with van der Waals surface area (Å²) < 4.78 is 42.4. The normalized spacial score (nSPS) is 14.0. The second kappa shape index (κ2) is 16.8. The van der Waals surface area contributed by atoms with E-state index >= 15 is 0 Å². The van der Waals surface area contributed by atoms with Gasteiger partial charge in [-0.15, -0.1) is 0 Å². The van der Waals surface area contributed by atoms with Gasteiger partial charge in [0.05, 0.1) is 17.7 Å². The number of aldehydes is 1. The predicted molar refractivity (Wildman–Crippen MR) is 160 cm³/mol. The number of benzene rings is 2. The standard InChI is InChI=1S/C22H26FN5O3S.C6H10O7/c1-27(2)13-4-14-28(17-6-8-18(9-7-17)32(24,29)30)22-25-12-11-20(26-22)16-5-10-21(31-3)19(23)15-16;7-1-2(8)3(9)4(10)5(11)6(12)13/h5-12,15H,4,13-14H2,1-3H3,(H2,24,29,30);1-5,8-11H,(H,12,13). The molecule has 0 aliphatic carbocycles. The molecule has 0 bridgehead atoms. The van der Waals surface area contributed by atoms with E-state index in [2.05, 4.69) is 14.9 Å². The van der Waals surface area contributed by atoms with Gasteiger partial charge in [-0.1, -0.05) is 0 Å². The van der Waals surface area contributed by atoms with Crippen molar-refractivity contribution in [1.29, 1.82) is 0 Å². The van der Waals surface area contributed by atoms with Crippen molar-refractivity contribution in [2.45, 2.75) is 35.7 Å². The lowest BCUT2D eigenvalue weighted by Gasteiger charge is -2.24. The number of nitrogens with two attached hydrogens (primary N) is 1. The lowest BCUT2D eigenvalue weighted by atomic mass is 10.0. The van der Waals surface area contributed by atoms with Gasteiger partial charge in [0, 0.05) is 24.0 Å². The number of nitrogens with zero attached hydrogens (tertiary/aromatic N) is 4. The highest BCUT2D eigenvalue weighted by atomic mass is 32.2. The number of aliphatic carboxylic acids is 1. The van der Waals surface area contributed by atoms with Crippen LogP contribution in [0.25, 0.3) is 11.3 Å². The van der Waals surface area contributed by atoms with Gasteiger partial charge in [0.25, 0.3) is 0 Å². The molecule has 0 aliphatic heterocycles. The topological polar surface area (TPSA) is 237 Å². The molecule has 0 saturated carbocycles. The van der Waals surface area contributed by atoms with E-state index in [1.807, 2.05) is 19.0 Å². The molecule has 1 heterocycles. The van der Waals surface area contributed by atoms with Crippen LogP contribution in [0.2, 0.25) is 0 Å². The highest BCUT2D eigenvalue weighted by Crippen LogP contribution is 2.28. The average Bonchev–Trinajstić information content (AvgIpc) is 3.01. The fourth-order valence-corrected chi connectivity index (χ4v) is 4.30. The summed E-state index contributed by atoms with van der Waals surface area (Å²) >= 11 is 0. The minimum atomic E-state index is -3.79. The first-order valence-electron chi connectivity index (χ1n) is 13.2. The lowest BCUT2D eigenvalue weighted by molar-refractivity contribution is -0.163. The number of methoxy groups -OCH3 is 1. The molecule has 0 spiro atoms. The second-order valence-electron chi connectivity index (χ2n) is 9.83. The summed E-state index contributed by atoms with van der Waals surface area (Å²) in [6.07, 6.45) is -5.97. The number of carbonyl (C=O) groups excluding carboxylic acids is 1. The maximum Gasteiger partial charge on any atom is 0.335 e. The zero-order chi connectivity index (χ0) is 33.9. The highest BCUT2D eigenvalue weighted by molar-refractivity contribution is 7.89. The quantitative estimate of drug-likeness (QED) is 0.123. The SMILES string of the molecule is COc1ccc(-c2ccnc(N(CCCN(C)C)c3ccc(S(N)(=O)=O)cc3)n2)cc1F.O=CC(O)C(O)C(O)C(O)C(=O)O. The Morgan fingerprint density at radius 2 is 1.69 bits per heavy atom. The molecule has 246 valence electrons. The molecule has 0 aliphatic rings. The van der Waals surface area contributed by atoms with Crippen LogP contribution in [0.3, 0.4) is 0 Å². The Kier molecular flexibility index (Phi) is 13.9. The Morgan fingerprint density at radius 1 is 1.04 bits per heavy atom. The lowest BCUT2D eigenvalue weighted by Crippen LogP contribution is -2.48. The largest absolute Gasteiger partial charge is 0.494 e. The predicted octanol–water partition coefficient (Wildman–Crippen LogP) is -0.258. The first kappa shape index (κ1) is 37.1. The van der Waals surface area contributed by atoms with E-state index in [4.69, 9.17) is 35.4 Å². The highest BCUT2D eigenvalue weighted by Gasteiger charge is 2.34. The minimum absolute atomic E-state index is 0.0258. The van der Waals surface area contributed by atoms with E-state index in [-0.39, 0.29) is 16.9 Å². The van der Waals surface area contributed by atoms with Crippen molar-refractivity contribution in [2.24, 2.45) is 5.14 Å². The van der Waals surface area contributed by atoms with Gasteiger partial charge in [0.15, 0.2) is 24.0 Å². The van der Waals surface area contributed by atoms with Gasteiger partial charge in [-0.05, 0) is 75.6 Å². The smallest absolute Gasteiger partial charge is 0.335 e. The van der Waals surface area contributed by atoms with Crippen molar-refractivity contribution in [3.05, 3.63) is 60.5 Å². The van der Waals surface area contributed by atoms with Crippen LogP contribution in [-0.4, -0.2) is 120 Å². The Hall–Kier alpha value is -4.10. The Balaban J connectivity index is 0.000000459. The van der Waals surface area contributed by atoms with Gasteiger partial charge in [-0.25, -0.2) is 32.7 Å². The summed E-state index contributed by atoms with van der Waals surface area (Å²) in [5.74, 6) is -1.67. The summed E-state index contributed by atoms with van der Waals surface area (Å²) in [6, 6.07) is 12.6. The summed E-state index contributed by atoms with van der Waals surface area (Å²) in [4.78, 5) is 33.0. The molecule has 45 heavy (non-hydrogen) atoms. The molecule has 17 heteroatoms. The van der Waals surface area contributed by atoms with Gasteiger partial charge >= 0.3 is 5.97 Å². The summed E-state index contributed by atoms with van der Waals surface area (Å²) in [5, 5.41) is 48.4. The second-order valence-corrected chi connectivity index (χ2v) is 11.4. The number of ether oxygens (including phenoxy) is 1. The molecule has 15 nitrogen and oxygen atoms in total. The van der Waals surface area contributed by atoms with Gasteiger partial charge in [-0.2, -0.15) is 0 Å². The monoisotopic (exact) mass is 653 g/mol. The number of primary sulfonamides is 1. The Morgan fingerprint density at radius 3 is 2.20 bits per heavy atom. The number of carboxylic acid groups (broad SMARTS) is 1. The van der Waals surface area contributed by atoms with E-state index in [0.29, 0.717) is 29.4 Å². The number of aliphatic hydroxyl groups excluding tert-OH is 4. The Bertz CT molecular complexity index is 1530. The van der Waals surface area contributed by atoms with E-state index in [0.717, 1.165) is 13.0 Å². The number of carbonyl (C=O) groups is 2. The molecule has 0 saturated heterocycles. The summed E-state index contributed by atoms with van der Waals surface area (Å²) in [6.45, 7) is 1.43. The molecule has 0 amide bonds. The number of carboxylic acids is 1. The van der Waals surface area contributed by atoms with E-state index in [1.54, 1.807) is 36.5 Å². The zero-order valence-electron chi connectivity index (χ0n) is 24.6. The average molecular weight is 654 g/mol. The Labute approximate surface area is 259 Å². The first-order chi connectivity index (χ1) is 21.1. The molecule has 7 N–H and O–H groups in total. The van der Waals surface area contributed by atoms with Crippen LogP contribution in [-0.2, 0) is 19.6 Å². The molecule has 3 rings (SSSR count). The summed E-state index contributed by atoms with van der Waals surface area (Å²) in [7, 11) is 1.59. The fraction of sp³-hybridized carbons (Fsp3) is 0.357. The number of hydrogen-bond acceptors (Lipinski definition) is 13. The van der Waals surface area contributed by atoms with Gasteiger partial charge < -0.3 is 44.9 Å². The van der Waals surface area contributed by atoms with Gasteiger partial charge in [-0.3, -0.25) is 0 Å². The van der Waals surface area contributed by atoms with E-state index in [1.165, 1.54) is 25.3 Å². The maximum absolute atomic E-state index is 14.2. The van der Waals surface area contributed by atoms with Crippen LogP contribution >= 0.6 is 0 Å². The zero-order valence-corrected chi connectivity index (χ0v) is 25.5. The van der Waals surface area contributed by atoms with Crippen molar-refractivity contribution >= 4 is 33.9 Å². The molecule has 1 aromatic heterocycles. The first-order valence-corrected chi connectivity index (χ1v) is 14.8. The van der Waals surface area contributed by atoms with Crippen molar-refractivity contribution in [1.82, 2.24) is 14.9 Å². The molecular weight excluding hydrogens is 617 g/mol. The van der Waals surface area contributed by atoms with Crippen LogP contribution in [0, 0.1) is 5.82 Å². The molecule has 0 radical (unpaired) electrons. The molecule has 3 aromatic rings. The van der Waals surface area contributed by atoms with E-state index in [9.17, 15) is 22.4 Å².